The maximum Gasteiger partial charge on any atom is 0.234 e. The first kappa shape index (κ1) is 19.4. The Morgan fingerprint density at radius 1 is 1.03 bits per heavy atom. The number of fused-ring (bicyclic) bond motifs is 2. The van der Waals surface area contributed by atoms with Gasteiger partial charge >= 0.3 is 0 Å². The average Bonchev–Trinajstić information content (AvgIpc) is 3.16. The molecule has 1 fully saturated rings. The molecule has 5 rings (SSSR count). The summed E-state index contributed by atoms with van der Waals surface area (Å²) in [5.74, 6) is 2.35. The molecule has 0 bridgehead atoms. The summed E-state index contributed by atoms with van der Waals surface area (Å²) >= 11 is 1.71. The average molecular weight is 421 g/mol. The predicted octanol–water partition coefficient (Wildman–Crippen LogP) is 3.41. The van der Waals surface area contributed by atoms with Gasteiger partial charge in [-0.25, -0.2) is 19.9 Å². The van der Waals surface area contributed by atoms with Crippen LogP contribution in [0.15, 0.2) is 41.6 Å². The Hall–Kier alpha value is -2.55. The van der Waals surface area contributed by atoms with Crippen molar-refractivity contribution in [2.45, 2.75) is 31.2 Å². The molecular weight excluding hydrogens is 396 g/mol. The minimum atomic E-state index is 0.736. The second-order valence-electron chi connectivity index (χ2n) is 7.58. The number of aryl methyl sites for hydroxylation is 2. The highest BCUT2D eigenvalue weighted by Gasteiger charge is 2.15. The lowest BCUT2D eigenvalue weighted by molar-refractivity contribution is 0.0330. The quantitative estimate of drug-likeness (QED) is 0.362. The maximum atomic E-state index is 5.46. The van der Waals surface area contributed by atoms with Gasteiger partial charge in [0.25, 0.3) is 0 Å². The fourth-order valence-electron chi connectivity index (χ4n) is 3.76. The second-order valence-corrected chi connectivity index (χ2v) is 8.54. The topological polar surface area (TPSA) is 68.4 Å². The monoisotopic (exact) mass is 420 g/mol. The van der Waals surface area contributed by atoms with Gasteiger partial charge in [0.1, 0.15) is 10.9 Å². The Morgan fingerprint density at radius 2 is 1.87 bits per heavy atom. The van der Waals surface area contributed by atoms with Gasteiger partial charge in [-0.2, -0.15) is 0 Å². The number of benzene rings is 1. The summed E-state index contributed by atoms with van der Waals surface area (Å²) in [4.78, 5) is 21.3. The lowest BCUT2D eigenvalue weighted by Crippen LogP contribution is -2.36. The zero-order valence-electron chi connectivity index (χ0n) is 17.2. The third-order valence-corrected chi connectivity index (χ3v) is 6.28. The molecule has 0 saturated carbocycles. The van der Waals surface area contributed by atoms with Crippen molar-refractivity contribution in [1.82, 2.24) is 29.2 Å². The molecule has 1 aromatic carbocycles. The second kappa shape index (κ2) is 8.29. The fourth-order valence-corrected chi connectivity index (χ4v) is 4.69. The molecule has 1 aliphatic heterocycles. The Morgan fingerprint density at radius 3 is 2.73 bits per heavy atom. The molecule has 154 valence electrons. The normalized spacial score (nSPS) is 15.3. The van der Waals surface area contributed by atoms with E-state index in [1.54, 1.807) is 11.8 Å². The van der Waals surface area contributed by atoms with Crippen LogP contribution < -0.4 is 0 Å². The van der Waals surface area contributed by atoms with Crippen molar-refractivity contribution in [3.05, 3.63) is 59.4 Å². The molecule has 8 heteroatoms. The summed E-state index contributed by atoms with van der Waals surface area (Å²) < 4.78 is 7.51. The first-order valence-corrected chi connectivity index (χ1v) is 11.1. The van der Waals surface area contributed by atoms with Gasteiger partial charge in [0.2, 0.25) is 5.78 Å². The van der Waals surface area contributed by atoms with Crippen LogP contribution in [0.1, 0.15) is 22.9 Å². The molecule has 0 aliphatic carbocycles. The SMILES string of the molecule is Cc1cc(C)n2cc(CSc3nc(CN4CCOCC4)nc4ccccc34)nc2n1. The van der Waals surface area contributed by atoms with E-state index in [0.717, 1.165) is 83.2 Å². The van der Waals surface area contributed by atoms with E-state index in [9.17, 15) is 0 Å². The van der Waals surface area contributed by atoms with Gasteiger partial charge in [-0.1, -0.05) is 30.0 Å². The summed E-state index contributed by atoms with van der Waals surface area (Å²) in [6, 6.07) is 10.3. The van der Waals surface area contributed by atoms with Crippen molar-refractivity contribution >= 4 is 28.4 Å². The molecule has 0 amide bonds. The highest BCUT2D eigenvalue weighted by Crippen LogP contribution is 2.28. The molecule has 0 spiro atoms. The van der Waals surface area contributed by atoms with Gasteiger partial charge in [-0.3, -0.25) is 9.30 Å². The number of morpholine rings is 1. The highest BCUT2D eigenvalue weighted by atomic mass is 32.2. The summed E-state index contributed by atoms with van der Waals surface area (Å²) in [5.41, 5.74) is 4.11. The molecular formula is C22H24N6OS. The lowest BCUT2D eigenvalue weighted by atomic mass is 10.2. The molecule has 1 saturated heterocycles. The van der Waals surface area contributed by atoms with E-state index >= 15 is 0 Å². The number of hydrogen-bond acceptors (Lipinski definition) is 7. The largest absolute Gasteiger partial charge is 0.379 e. The molecule has 0 atom stereocenters. The number of ether oxygens (including phenoxy) is 1. The van der Waals surface area contributed by atoms with Crippen LogP contribution in [0.2, 0.25) is 0 Å². The predicted molar refractivity (Wildman–Crippen MR) is 118 cm³/mol. The molecule has 4 heterocycles. The Labute approximate surface area is 179 Å². The summed E-state index contributed by atoms with van der Waals surface area (Å²) in [5, 5.41) is 2.09. The Balaban J connectivity index is 1.42. The number of thioether (sulfide) groups is 1. The van der Waals surface area contributed by atoms with Crippen molar-refractivity contribution in [3.63, 3.8) is 0 Å². The number of nitrogens with zero attached hydrogens (tertiary/aromatic N) is 6. The third-order valence-electron chi connectivity index (χ3n) is 5.25. The van der Waals surface area contributed by atoms with E-state index < -0.39 is 0 Å². The fraction of sp³-hybridized carbons (Fsp3) is 0.364. The minimum absolute atomic E-state index is 0.736. The van der Waals surface area contributed by atoms with Crippen molar-refractivity contribution in [1.29, 1.82) is 0 Å². The van der Waals surface area contributed by atoms with Gasteiger partial charge in [0.05, 0.1) is 31.0 Å². The molecule has 1 aliphatic rings. The van der Waals surface area contributed by atoms with Crippen LogP contribution in [-0.4, -0.2) is 55.5 Å². The minimum Gasteiger partial charge on any atom is -0.379 e. The highest BCUT2D eigenvalue weighted by molar-refractivity contribution is 7.98. The van der Waals surface area contributed by atoms with Crippen molar-refractivity contribution in [2.75, 3.05) is 26.3 Å². The third kappa shape index (κ3) is 4.03. The van der Waals surface area contributed by atoms with Crippen molar-refractivity contribution in [3.8, 4) is 0 Å². The van der Waals surface area contributed by atoms with E-state index in [0.29, 0.717) is 0 Å². The zero-order valence-corrected chi connectivity index (χ0v) is 18.0. The molecule has 30 heavy (non-hydrogen) atoms. The molecule has 4 aromatic rings. The van der Waals surface area contributed by atoms with Crippen molar-refractivity contribution in [2.24, 2.45) is 0 Å². The standard InChI is InChI=1S/C22H24N6OS/c1-15-11-16(2)28-12-17(24-22(28)23-15)14-30-21-18-5-3-4-6-19(18)25-20(26-21)13-27-7-9-29-10-8-27/h3-6,11-12H,7-10,13-14H2,1-2H3. The molecule has 0 N–H and O–H groups in total. The van der Waals surface area contributed by atoms with Gasteiger partial charge in [-0.05, 0) is 26.0 Å². The van der Waals surface area contributed by atoms with Crippen LogP contribution in [-0.2, 0) is 17.0 Å². The van der Waals surface area contributed by atoms with Gasteiger partial charge < -0.3 is 4.74 Å². The number of aromatic nitrogens is 5. The number of imidazole rings is 1. The van der Waals surface area contributed by atoms with Gasteiger partial charge in [-0.15, -0.1) is 0 Å². The molecule has 7 nitrogen and oxygen atoms in total. The van der Waals surface area contributed by atoms with Crippen LogP contribution in [0.3, 0.4) is 0 Å². The van der Waals surface area contributed by atoms with Gasteiger partial charge in [0.15, 0.2) is 0 Å². The number of rotatable bonds is 5. The molecule has 0 radical (unpaired) electrons. The van der Waals surface area contributed by atoms with E-state index in [1.165, 1.54) is 0 Å². The number of hydrogen-bond donors (Lipinski definition) is 0. The van der Waals surface area contributed by atoms with E-state index in [2.05, 4.69) is 41.2 Å². The lowest BCUT2D eigenvalue weighted by Gasteiger charge is -2.25. The summed E-state index contributed by atoms with van der Waals surface area (Å²) in [6.07, 6.45) is 2.07. The Kier molecular flexibility index (Phi) is 5.37. The first-order chi connectivity index (χ1) is 14.7. The van der Waals surface area contributed by atoms with Crippen LogP contribution in [0, 0.1) is 13.8 Å². The van der Waals surface area contributed by atoms with Crippen LogP contribution in [0.5, 0.6) is 0 Å². The van der Waals surface area contributed by atoms with E-state index in [-0.39, 0.29) is 0 Å². The molecule has 0 unspecified atom stereocenters. The van der Waals surface area contributed by atoms with Crippen LogP contribution in [0.25, 0.3) is 16.7 Å². The zero-order chi connectivity index (χ0) is 20.5. The Bertz CT molecular complexity index is 1200. The van der Waals surface area contributed by atoms with E-state index in [1.807, 2.05) is 23.5 Å². The van der Waals surface area contributed by atoms with Gasteiger partial charge in [0, 0.05) is 41.8 Å². The van der Waals surface area contributed by atoms with E-state index in [4.69, 9.17) is 19.7 Å². The van der Waals surface area contributed by atoms with Crippen LogP contribution in [0.4, 0.5) is 0 Å². The molecule has 3 aromatic heterocycles. The van der Waals surface area contributed by atoms with Crippen molar-refractivity contribution < 1.29 is 4.74 Å². The number of para-hydroxylation sites is 1. The first-order valence-electron chi connectivity index (χ1n) is 10.2. The smallest absolute Gasteiger partial charge is 0.234 e. The summed E-state index contributed by atoms with van der Waals surface area (Å²) in [7, 11) is 0. The summed E-state index contributed by atoms with van der Waals surface area (Å²) in [6.45, 7) is 8.22. The maximum absolute atomic E-state index is 5.46. The van der Waals surface area contributed by atoms with Crippen LogP contribution >= 0.6 is 11.8 Å².